The molecule has 4 rings (SSSR count). The molecule has 0 saturated carbocycles. The fraction of sp³-hybridized carbons (Fsp3) is 0.400. The van der Waals surface area contributed by atoms with E-state index in [2.05, 4.69) is 34.3 Å². The molecule has 67 heavy (non-hydrogen) atoms. The van der Waals surface area contributed by atoms with E-state index in [1.165, 1.54) is 43.5 Å². The maximum atomic E-state index is 13.7. The maximum absolute atomic E-state index is 13.7. The zero-order valence-electron chi connectivity index (χ0n) is 37.2. The van der Waals surface area contributed by atoms with Crippen molar-refractivity contribution >= 4 is 200 Å². The molecule has 37 heteroatoms. The van der Waals surface area contributed by atoms with Crippen LogP contribution < -0.4 is 21.3 Å². The number of alkyl halides is 7. The van der Waals surface area contributed by atoms with Gasteiger partial charge in [0.25, 0.3) is 0 Å². The van der Waals surface area contributed by atoms with Crippen LogP contribution in [-0.2, 0) is 23.6 Å². The molecular weight excluding hydrogens is 862 g/mol. The van der Waals surface area contributed by atoms with Gasteiger partial charge in [-0.15, -0.1) is 11.6 Å². The lowest BCUT2D eigenvalue weighted by molar-refractivity contribution is -0.179. The number of carbonyl (C=O) groups excluding carboxylic acids is 2. The second-order valence-corrected chi connectivity index (χ2v) is 16.2. The number of halogens is 7. The Morgan fingerprint density at radius 3 is 1.28 bits per heavy atom. The van der Waals surface area contributed by atoms with Gasteiger partial charge in [-0.25, -0.2) is 9.59 Å². The van der Waals surface area contributed by atoms with E-state index in [1.54, 1.807) is 27.7 Å². The lowest BCUT2D eigenvalue weighted by atomic mass is 8.44. The molecule has 2 unspecified atom stereocenters. The lowest BCUT2D eigenvalue weighted by Crippen LogP contribution is -2.75. The van der Waals surface area contributed by atoms with Gasteiger partial charge in [0.1, 0.15) is 0 Å². The highest BCUT2D eigenvalue weighted by Gasteiger charge is 2.60. The zero-order valence-corrected chi connectivity index (χ0v) is 38.0. The molecule has 0 fully saturated rings. The van der Waals surface area contributed by atoms with Crippen LogP contribution in [0.5, 0.6) is 0 Å². The Hall–Kier alpha value is -2.58. The number of hydrogen-bond acceptors (Lipinski definition) is 3. The number of fused-ring (bicyclic) bond motifs is 2. The SMILES string of the molecule is CC(C)C#CC1(C(F)(F)F)NC(=O)Nc2cc(CCl)ccc21.CC(C)C#CC1(C(F)(F)F)NC(=O)Nc2cc(CO)ccc21.[B]B([B])B([B])B(B([B])[B])B(B([B])[B])B([B])[B].[B][B]B([B])B([B])[B]. The molecular formula is C30H29B23ClF6N4O3. The normalized spacial score (nSPS) is 16.4. The summed E-state index contributed by atoms with van der Waals surface area (Å²) in [5.41, 5.74) is -4.75. The molecule has 2 atom stereocenters. The van der Waals surface area contributed by atoms with Gasteiger partial charge in [0, 0.05) is 205 Å². The van der Waals surface area contributed by atoms with Crippen molar-refractivity contribution in [3.63, 3.8) is 0 Å². The molecule has 4 amide bonds. The smallest absolute Gasteiger partial charge is 0.392 e. The molecule has 2 aliphatic rings. The fourth-order valence-corrected chi connectivity index (χ4v) is 6.39. The number of urea groups is 2. The van der Waals surface area contributed by atoms with Crippen LogP contribution in [0.25, 0.3) is 0 Å². The Bertz CT molecular complexity index is 1950. The number of aliphatic hydroxyl groups is 1. The van der Waals surface area contributed by atoms with E-state index in [9.17, 15) is 35.9 Å². The molecule has 0 spiro atoms. The third-order valence-corrected chi connectivity index (χ3v) is 10.0. The van der Waals surface area contributed by atoms with Crippen molar-refractivity contribution in [2.75, 3.05) is 10.6 Å². The van der Waals surface area contributed by atoms with Crippen molar-refractivity contribution in [1.82, 2.24) is 10.6 Å². The van der Waals surface area contributed by atoms with Gasteiger partial charge in [0.15, 0.2) is 0 Å². The van der Waals surface area contributed by atoms with Gasteiger partial charge in [-0.3, -0.25) is 0 Å². The second-order valence-electron chi connectivity index (χ2n) is 15.9. The second kappa shape index (κ2) is 27.1. The first kappa shape index (κ1) is 62.4. The standard InChI is InChI=1S/C15H14ClF3N2O.C15H15F3N2O2.B16.B7/c1-9(2)5-6-14(15(17,18)19)11-4-3-10(8-16)7-12(11)20-13(22)21-14;1-9(2)5-6-14(15(16,17)18)11-4-3-10(8-21)7-12(11)19-13(22)20-14;1-10(2)14(9)16(13(7)8)15(11(3)4)12(5)6;1-5-7(4)6(2)3/h3-4,7,9H,8H2,1-2H3,(H2,20,21,22);3-4,7,9,21H,8H2,1-2H3,(H2,19,20,22);;. The summed E-state index contributed by atoms with van der Waals surface area (Å²) >= 11 is 5.69. The molecule has 0 bridgehead atoms. The minimum Gasteiger partial charge on any atom is -0.392 e. The van der Waals surface area contributed by atoms with Crippen LogP contribution >= 0.6 is 11.6 Å². The van der Waals surface area contributed by atoms with Crippen molar-refractivity contribution in [1.29, 1.82) is 0 Å². The predicted molar refractivity (Wildman–Crippen MR) is 286 cm³/mol. The Morgan fingerprint density at radius 1 is 0.642 bits per heavy atom. The monoisotopic (exact) mass is 895 g/mol. The van der Waals surface area contributed by atoms with Crippen molar-refractivity contribution in [3.05, 3.63) is 58.7 Å². The average molecular weight is 892 g/mol. The highest BCUT2D eigenvalue weighted by atomic mass is 35.5. The van der Waals surface area contributed by atoms with Gasteiger partial charge in [-0.2, -0.15) is 26.3 Å². The molecule has 0 aliphatic carbocycles. The first-order chi connectivity index (χ1) is 30.8. The zero-order chi connectivity index (χ0) is 52.0. The van der Waals surface area contributed by atoms with Gasteiger partial charge < -0.3 is 26.4 Å². The molecule has 2 aliphatic heterocycles. The molecule has 2 aromatic carbocycles. The van der Waals surface area contributed by atoms with E-state index in [4.69, 9.17) is 117 Å². The van der Waals surface area contributed by atoms with E-state index < -0.39 is 86.6 Å². The summed E-state index contributed by atoms with van der Waals surface area (Å²) in [6, 6.07) is 6.17. The van der Waals surface area contributed by atoms with Crippen LogP contribution in [0.1, 0.15) is 49.9 Å². The highest BCUT2D eigenvalue weighted by molar-refractivity contribution is 8.13. The summed E-state index contributed by atoms with van der Waals surface area (Å²) in [5, 5.41) is 17.6. The molecule has 5 N–H and O–H groups in total. The van der Waals surface area contributed by atoms with E-state index in [1.807, 2.05) is 10.6 Å². The van der Waals surface area contributed by atoms with Crippen LogP contribution in [0.2, 0.25) is 0 Å². The summed E-state index contributed by atoms with van der Waals surface area (Å²) in [5.74, 6) is 8.99. The fourth-order valence-electron chi connectivity index (χ4n) is 6.22. The largest absolute Gasteiger partial charge is 0.427 e. The Balaban J connectivity index is 0.000000474. The lowest BCUT2D eigenvalue weighted by Gasteiger charge is -2.37. The van der Waals surface area contributed by atoms with Crippen LogP contribution in [-0.4, -0.2) is 195 Å². The van der Waals surface area contributed by atoms with Gasteiger partial charge in [0.2, 0.25) is 11.1 Å². The molecule has 305 valence electrons. The quantitative estimate of drug-likeness (QED) is 0.0823. The number of anilines is 2. The Kier molecular flexibility index (Phi) is 25.3. The van der Waals surface area contributed by atoms with Gasteiger partial charge >= 0.3 is 24.4 Å². The minimum absolute atomic E-state index is 0.00863. The summed E-state index contributed by atoms with van der Waals surface area (Å²) in [6.07, 6.45) is -15.5. The predicted octanol–water partition coefficient (Wildman–Crippen LogP) is -2.05. The van der Waals surface area contributed by atoms with Crippen molar-refractivity contribution in [2.24, 2.45) is 11.8 Å². The van der Waals surface area contributed by atoms with E-state index in [-0.39, 0.29) is 53.2 Å². The van der Waals surface area contributed by atoms with Gasteiger partial charge in [-0.1, -0.05) is 75.6 Å². The first-order valence-electron chi connectivity index (χ1n) is 20.2. The molecule has 2 heterocycles. The molecule has 27 radical (unpaired) electrons. The molecule has 7 nitrogen and oxygen atoms in total. The number of carbonyl (C=O) groups is 2. The van der Waals surface area contributed by atoms with Crippen LogP contribution in [0, 0.1) is 35.5 Å². The van der Waals surface area contributed by atoms with Crippen molar-refractivity contribution in [2.45, 2.75) is 63.6 Å². The maximum Gasteiger partial charge on any atom is 0.427 e. The van der Waals surface area contributed by atoms with Crippen LogP contribution in [0.3, 0.4) is 0 Å². The highest BCUT2D eigenvalue weighted by Crippen LogP contribution is 2.45. The number of amides is 4. The first-order valence-corrected chi connectivity index (χ1v) is 20.7. The average Bonchev–Trinajstić information content (AvgIpc) is 3.21. The molecule has 0 saturated heterocycles. The summed E-state index contributed by atoms with van der Waals surface area (Å²) in [4.78, 5) is 23.4. The number of benzene rings is 2. The number of hydrogen-bond donors (Lipinski definition) is 5. The minimum atomic E-state index is -4.79. The Labute approximate surface area is 418 Å². The third kappa shape index (κ3) is 17.4. The Morgan fingerprint density at radius 2 is 1.01 bits per heavy atom. The number of rotatable bonds is 10. The number of nitrogens with one attached hydrogen (secondary N) is 4. The molecule has 0 aromatic heterocycles. The van der Waals surface area contributed by atoms with Crippen molar-refractivity contribution in [3.8, 4) is 23.7 Å². The summed E-state index contributed by atoms with van der Waals surface area (Å²) in [7, 11) is 71.9. The van der Waals surface area contributed by atoms with E-state index >= 15 is 0 Å². The third-order valence-electron chi connectivity index (χ3n) is 9.69. The van der Waals surface area contributed by atoms with Gasteiger partial charge in [-0.05, 0) is 23.3 Å². The van der Waals surface area contributed by atoms with Crippen molar-refractivity contribution < 1.29 is 41.0 Å². The van der Waals surface area contributed by atoms with Crippen LogP contribution in [0.4, 0.5) is 47.3 Å². The molecule has 2 aromatic rings. The summed E-state index contributed by atoms with van der Waals surface area (Å²) < 4.78 is 82.2. The topological polar surface area (TPSA) is 102 Å². The van der Waals surface area contributed by atoms with E-state index in [0.29, 0.717) is 11.1 Å². The van der Waals surface area contributed by atoms with Gasteiger partial charge in [0.05, 0.1) is 6.61 Å². The summed E-state index contributed by atoms with van der Waals surface area (Å²) in [6.45, 7) is 6.34. The van der Waals surface area contributed by atoms with E-state index in [0.717, 1.165) is 0 Å². The number of aliphatic hydroxyl groups excluding tert-OH is 1. The van der Waals surface area contributed by atoms with Crippen LogP contribution in [0.15, 0.2) is 36.4 Å².